The molecule has 0 aliphatic rings. The van der Waals surface area contributed by atoms with Gasteiger partial charge >= 0.3 is 0 Å². The molecule has 0 N–H and O–H groups in total. The Morgan fingerprint density at radius 3 is 0.955 bits per heavy atom. The van der Waals surface area contributed by atoms with Crippen LogP contribution in [0.4, 0.5) is 34.1 Å². The van der Waals surface area contributed by atoms with Crippen molar-refractivity contribution in [3.05, 3.63) is 241 Å². The summed E-state index contributed by atoms with van der Waals surface area (Å²) in [4.78, 5) is 4.65. The molecule has 2 nitrogen and oxygen atoms in total. The lowest BCUT2D eigenvalue weighted by atomic mass is 9.88. The average Bonchev–Trinajstić information content (AvgIpc) is 4.06. The van der Waals surface area contributed by atoms with Gasteiger partial charge in [-0.1, -0.05) is 97.1 Å². The number of para-hydroxylation sites is 4. The number of nitrogens with zero attached hydrogens (tertiary/aromatic N) is 2. The van der Waals surface area contributed by atoms with Crippen molar-refractivity contribution in [2.24, 2.45) is 0 Å². The number of hydrogen-bond donors (Lipinski definition) is 0. The van der Waals surface area contributed by atoms with Gasteiger partial charge in [-0.05, 0) is 220 Å². The molecule has 0 saturated heterocycles. The van der Waals surface area contributed by atoms with E-state index in [4.69, 9.17) is 0 Å². The van der Waals surface area contributed by atoms with Crippen LogP contribution in [-0.2, 0) is 0 Å². The second-order valence-corrected chi connectivity index (χ2v) is 18.9. The number of benzene rings is 11. The molecule has 4 heteroatoms. The van der Waals surface area contributed by atoms with Crippen LogP contribution in [0, 0.1) is 0 Å². The number of thiophene rings is 2. The van der Waals surface area contributed by atoms with Gasteiger partial charge in [-0.15, -0.1) is 22.7 Å². The lowest BCUT2D eigenvalue weighted by molar-refractivity contribution is 1.28. The fourth-order valence-corrected chi connectivity index (χ4v) is 11.6. The van der Waals surface area contributed by atoms with Crippen molar-refractivity contribution >= 4 is 120 Å². The van der Waals surface area contributed by atoms with Crippen molar-refractivity contribution in [3.8, 4) is 22.3 Å². The van der Waals surface area contributed by atoms with E-state index in [1.165, 1.54) is 85.5 Å². The zero-order valence-electron chi connectivity index (χ0n) is 35.8. The van der Waals surface area contributed by atoms with Crippen molar-refractivity contribution in [3.63, 3.8) is 0 Å². The minimum Gasteiger partial charge on any atom is -0.311 e. The summed E-state index contributed by atoms with van der Waals surface area (Å²) in [6.45, 7) is 0. The minimum atomic E-state index is 1.12. The molecule has 0 spiro atoms. The van der Waals surface area contributed by atoms with Crippen LogP contribution in [0.5, 0.6) is 0 Å². The number of rotatable bonds is 8. The van der Waals surface area contributed by atoms with Crippen LogP contribution in [0.3, 0.4) is 0 Å². The smallest absolute Gasteiger partial charge is 0.0462 e. The Labute approximate surface area is 391 Å². The Morgan fingerprint density at radius 2 is 0.591 bits per heavy atom. The van der Waals surface area contributed by atoms with Crippen LogP contribution in [0.15, 0.2) is 241 Å². The van der Waals surface area contributed by atoms with Gasteiger partial charge in [-0.25, -0.2) is 0 Å². The van der Waals surface area contributed by atoms with Gasteiger partial charge in [0.15, 0.2) is 0 Å². The third-order valence-corrected chi connectivity index (χ3v) is 14.9. The molecule has 11 aromatic carbocycles. The maximum atomic E-state index is 2.48. The molecule has 66 heavy (non-hydrogen) atoms. The first-order valence-electron chi connectivity index (χ1n) is 22.4. The maximum Gasteiger partial charge on any atom is 0.0462 e. The SMILES string of the molecule is c1ccc(N(c2ccccc2)c2ccc(-c3cc4cc5cc(-c6ccc(N(c7ccccc7)c7ccccc7)cc6)c6cc7ccsc7cc6c5cc4c4cc5sccc5cc34)cc2)cc1. The molecule has 0 bridgehead atoms. The number of anilines is 6. The predicted molar refractivity (Wildman–Crippen MR) is 287 cm³/mol. The fraction of sp³-hybridized carbons (Fsp3) is 0. The number of fused-ring (bicyclic) bond motifs is 8. The van der Waals surface area contributed by atoms with Gasteiger partial charge in [0, 0.05) is 43.5 Å². The second-order valence-electron chi connectivity index (χ2n) is 17.0. The lowest BCUT2D eigenvalue weighted by Gasteiger charge is -2.25. The Morgan fingerprint density at radius 1 is 0.242 bits per heavy atom. The van der Waals surface area contributed by atoms with E-state index in [-0.39, 0.29) is 0 Å². The van der Waals surface area contributed by atoms with Crippen molar-refractivity contribution in [2.45, 2.75) is 0 Å². The minimum absolute atomic E-state index is 1.12. The average molecular weight is 877 g/mol. The van der Waals surface area contributed by atoms with Crippen LogP contribution >= 0.6 is 22.7 Å². The molecule has 13 rings (SSSR count). The van der Waals surface area contributed by atoms with Crippen LogP contribution < -0.4 is 9.80 Å². The van der Waals surface area contributed by atoms with E-state index in [1.54, 1.807) is 0 Å². The van der Waals surface area contributed by atoms with E-state index in [0.29, 0.717) is 0 Å². The Hall–Kier alpha value is -8.02. The molecule has 0 atom stereocenters. The van der Waals surface area contributed by atoms with E-state index in [2.05, 4.69) is 251 Å². The number of hydrogen-bond acceptors (Lipinski definition) is 4. The summed E-state index contributed by atoms with van der Waals surface area (Å²) in [5.41, 5.74) is 11.6. The molecule has 2 aromatic heterocycles. The van der Waals surface area contributed by atoms with Crippen molar-refractivity contribution < 1.29 is 0 Å². The summed E-state index contributed by atoms with van der Waals surface area (Å²) in [5, 5.41) is 17.1. The predicted octanol–water partition coefficient (Wildman–Crippen LogP) is 19.0. The van der Waals surface area contributed by atoms with E-state index in [0.717, 1.165) is 34.1 Å². The van der Waals surface area contributed by atoms with Crippen molar-refractivity contribution in [1.82, 2.24) is 0 Å². The summed E-state index contributed by atoms with van der Waals surface area (Å²) >= 11 is 3.63. The quantitative estimate of drug-likeness (QED) is 0.111. The highest BCUT2D eigenvalue weighted by Gasteiger charge is 2.18. The fourth-order valence-electron chi connectivity index (χ4n) is 9.98. The van der Waals surface area contributed by atoms with E-state index in [1.807, 2.05) is 22.7 Å². The first-order chi connectivity index (χ1) is 32.7. The van der Waals surface area contributed by atoms with E-state index < -0.39 is 0 Å². The highest BCUT2D eigenvalue weighted by molar-refractivity contribution is 7.17. The molecular weight excluding hydrogens is 837 g/mol. The first-order valence-corrected chi connectivity index (χ1v) is 24.1. The van der Waals surface area contributed by atoms with E-state index >= 15 is 0 Å². The van der Waals surface area contributed by atoms with Gasteiger partial charge in [0.25, 0.3) is 0 Å². The van der Waals surface area contributed by atoms with Gasteiger partial charge in [0.2, 0.25) is 0 Å². The topological polar surface area (TPSA) is 6.48 Å². The van der Waals surface area contributed by atoms with Crippen molar-refractivity contribution in [1.29, 1.82) is 0 Å². The second kappa shape index (κ2) is 15.9. The summed E-state index contributed by atoms with van der Waals surface area (Å²) in [6.07, 6.45) is 0. The third kappa shape index (κ3) is 6.61. The Balaban J connectivity index is 0.991. The molecule has 0 aliphatic heterocycles. The molecular formula is C62H40N2S2. The van der Waals surface area contributed by atoms with Crippen LogP contribution in [0.25, 0.3) is 85.5 Å². The monoisotopic (exact) mass is 876 g/mol. The van der Waals surface area contributed by atoms with Gasteiger partial charge in [0.05, 0.1) is 0 Å². The summed E-state index contributed by atoms with van der Waals surface area (Å²) in [7, 11) is 0. The van der Waals surface area contributed by atoms with Crippen LogP contribution in [0.2, 0.25) is 0 Å². The molecule has 2 heterocycles. The molecule has 0 amide bonds. The normalized spacial score (nSPS) is 11.6. The van der Waals surface area contributed by atoms with Gasteiger partial charge in [-0.3, -0.25) is 0 Å². The Bertz CT molecular complexity index is 3560. The molecule has 0 saturated carbocycles. The molecule has 310 valence electrons. The first kappa shape index (κ1) is 38.4. The molecule has 0 fully saturated rings. The van der Waals surface area contributed by atoms with E-state index in [9.17, 15) is 0 Å². The van der Waals surface area contributed by atoms with Gasteiger partial charge in [-0.2, -0.15) is 0 Å². The standard InChI is InChI=1S/C62H40N2S2/c1-5-13-47(14-6-1)63(48-15-7-2-8-16-48)51-25-21-41(22-26-51)53-36-45-33-46-37-54(42-23-27-52(28-24-42)64(49-17-9-3-10-18-49)50-19-11-4-12-20-50)58-35-44-30-32-66-62(44)40-60(58)56(46)38-55(45)59-39-61-43(29-31-65-61)34-57(53)59/h1-40H. The molecule has 0 unspecified atom stereocenters. The van der Waals surface area contributed by atoms with Crippen molar-refractivity contribution in [2.75, 3.05) is 9.80 Å². The van der Waals surface area contributed by atoms with Gasteiger partial charge < -0.3 is 9.80 Å². The largest absolute Gasteiger partial charge is 0.311 e. The Kier molecular flexibility index (Phi) is 9.26. The van der Waals surface area contributed by atoms with Gasteiger partial charge in [0.1, 0.15) is 0 Å². The maximum absolute atomic E-state index is 2.48. The highest BCUT2D eigenvalue weighted by atomic mass is 32.1. The zero-order valence-corrected chi connectivity index (χ0v) is 37.4. The summed E-state index contributed by atoms with van der Waals surface area (Å²) < 4.78 is 2.61. The molecule has 13 aromatic rings. The molecule has 0 aliphatic carbocycles. The van der Waals surface area contributed by atoms with Crippen LogP contribution in [0.1, 0.15) is 0 Å². The highest BCUT2D eigenvalue weighted by Crippen LogP contribution is 2.45. The third-order valence-electron chi connectivity index (χ3n) is 13.1. The molecule has 0 radical (unpaired) electrons. The zero-order chi connectivity index (χ0) is 43.6. The summed E-state index contributed by atoms with van der Waals surface area (Å²) in [6, 6.07) is 84.7. The van der Waals surface area contributed by atoms with Crippen LogP contribution in [-0.4, -0.2) is 0 Å². The lowest BCUT2D eigenvalue weighted by Crippen LogP contribution is -2.09. The summed E-state index contributed by atoms with van der Waals surface area (Å²) in [5.74, 6) is 0.